The summed E-state index contributed by atoms with van der Waals surface area (Å²) >= 11 is 0. The molecule has 1 saturated heterocycles. The second-order valence-electron chi connectivity index (χ2n) is 8.24. The van der Waals surface area contributed by atoms with Crippen LogP contribution in [-0.2, 0) is 0 Å². The molecule has 0 spiro atoms. The van der Waals surface area contributed by atoms with Crippen LogP contribution in [0.1, 0.15) is 39.0 Å². The molecular formula is C27H17F2N3O. The molecule has 6 heteroatoms. The van der Waals surface area contributed by atoms with Crippen molar-refractivity contribution in [2.75, 3.05) is 0 Å². The van der Waals surface area contributed by atoms with Gasteiger partial charge in [0.05, 0.1) is 18.2 Å². The summed E-state index contributed by atoms with van der Waals surface area (Å²) in [5.74, 6) is -2.31. The monoisotopic (exact) mass is 437 g/mol. The first-order valence-electron chi connectivity index (χ1n) is 10.4. The Morgan fingerprint density at radius 3 is 2.33 bits per heavy atom. The van der Waals surface area contributed by atoms with Crippen LogP contribution >= 0.6 is 0 Å². The van der Waals surface area contributed by atoms with Crippen LogP contribution < -0.4 is 0 Å². The minimum Gasteiger partial charge on any atom is -0.357 e. The number of hydrogen-bond donors (Lipinski definition) is 0. The van der Waals surface area contributed by atoms with Gasteiger partial charge in [-0.15, -0.1) is 0 Å². The lowest BCUT2D eigenvalue weighted by atomic mass is 9.67. The van der Waals surface area contributed by atoms with Crippen LogP contribution in [0.5, 0.6) is 0 Å². The highest BCUT2D eigenvalue weighted by Gasteiger charge is 2.63. The van der Waals surface area contributed by atoms with E-state index in [1.165, 1.54) is 42.5 Å². The summed E-state index contributed by atoms with van der Waals surface area (Å²) in [6.07, 6.45) is 3.56. The van der Waals surface area contributed by atoms with Crippen molar-refractivity contribution in [3.8, 4) is 12.1 Å². The van der Waals surface area contributed by atoms with Crippen molar-refractivity contribution in [3.63, 3.8) is 0 Å². The zero-order valence-electron chi connectivity index (χ0n) is 17.3. The summed E-state index contributed by atoms with van der Waals surface area (Å²) in [7, 11) is 0. The van der Waals surface area contributed by atoms with E-state index in [0.717, 1.165) is 11.1 Å². The van der Waals surface area contributed by atoms with Crippen molar-refractivity contribution >= 4 is 11.9 Å². The molecule has 160 valence electrons. The molecule has 5 rings (SSSR count). The highest BCUT2D eigenvalue weighted by atomic mass is 19.1. The summed E-state index contributed by atoms with van der Waals surface area (Å²) in [4.78, 5) is 15.5. The molecule has 3 aromatic rings. The summed E-state index contributed by atoms with van der Waals surface area (Å²) < 4.78 is 27.8. The maximum absolute atomic E-state index is 14.3. The Morgan fingerprint density at radius 1 is 0.909 bits per heavy atom. The predicted octanol–water partition coefficient (Wildman–Crippen LogP) is 5.37. The fraction of sp³-hybridized carbons (Fsp3) is 0.148. The number of rotatable bonds is 3. The van der Waals surface area contributed by atoms with Crippen molar-refractivity contribution in [3.05, 3.63) is 113 Å². The van der Waals surface area contributed by atoms with Crippen LogP contribution in [-0.4, -0.2) is 16.7 Å². The number of ketones is 1. The van der Waals surface area contributed by atoms with Crippen LogP contribution in [0.25, 0.3) is 6.08 Å². The van der Waals surface area contributed by atoms with Crippen LogP contribution in [0.3, 0.4) is 0 Å². The van der Waals surface area contributed by atoms with Crippen molar-refractivity contribution in [1.29, 1.82) is 10.5 Å². The summed E-state index contributed by atoms with van der Waals surface area (Å²) in [6, 6.07) is 21.0. The molecule has 0 aromatic heterocycles. The predicted molar refractivity (Wildman–Crippen MR) is 117 cm³/mol. The second-order valence-corrected chi connectivity index (χ2v) is 8.24. The molecule has 1 fully saturated rings. The number of nitrogens with zero attached hydrogens (tertiary/aromatic N) is 3. The van der Waals surface area contributed by atoms with Gasteiger partial charge >= 0.3 is 0 Å². The van der Waals surface area contributed by atoms with Gasteiger partial charge in [-0.2, -0.15) is 10.5 Å². The molecule has 0 aliphatic carbocycles. The van der Waals surface area contributed by atoms with Gasteiger partial charge < -0.3 is 4.90 Å². The maximum atomic E-state index is 14.3. The zero-order chi connectivity index (χ0) is 23.2. The molecule has 0 amide bonds. The number of benzene rings is 3. The Labute approximate surface area is 189 Å². The van der Waals surface area contributed by atoms with Gasteiger partial charge in [-0.1, -0.05) is 36.4 Å². The lowest BCUT2D eigenvalue weighted by molar-refractivity contribution is 0.0874. The van der Waals surface area contributed by atoms with Crippen LogP contribution in [0, 0.1) is 39.7 Å². The first kappa shape index (κ1) is 20.6. The van der Waals surface area contributed by atoms with Gasteiger partial charge in [0.15, 0.2) is 11.2 Å². The molecule has 0 bridgehead atoms. The summed E-state index contributed by atoms with van der Waals surface area (Å²) in [5.41, 5.74) is 0.564. The second kappa shape index (κ2) is 7.69. The fourth-order valence-corrected chi connectivity index (χ4v) is 5.15. The van der Waals surface area contributed by atoms with Gasteiger partial charge in [-0.05, 0) is 59.2 Å². The molecular weight excluding hydrogens is 420 g/mol. The largest absolute Gasteiger partial charge is 0.357 e. The number of fused-ring (bicyclic) bond motifs is 3. The van der Waals surface area contributed by atoms with Gasteiger partial charge in [-0.25, -0.2) is 8.78 Å². The van der Waals surface area contributed by atoms with E-state index in [0.29, 0.717) is 5.56 Å². The van der Waals surface area contributed by atoms with E-state index in [2.05, 4.69) is 12.1 Å². The Bertz CT molecular complexity index is 1350. The highest BCUT2D eigenvalue weighted by Crippen LogP contribution is 2.60. The molecule has 4 nitrogen and oxygen atoms in total. The standard InChI is InChI=1S/C27H17F2N3O/c28-20-10-8-18(9-11-20)25(33)24-23(19-5-3-6-21(29)14-19)27(15-30,16-31)26-22-7-2-1-4-17(22)12-13-32(24)26/h1-14,23-24,26H/t23-,24+,26+/m1/s1. The molecule has 2 aliphatic heterocycles. The Balaban J connectivity index is 1.77. The van der Waals surface area contributed by atoms with E-state index in [4.69, 9.17) is 0 Å². The van der Waals surface area contributed by atoms with Gasteiger partial charge in [0.1, 0.15) is 17.7 Å². The third kappa shape index (κ3) is 3.03. The smallest absolute Gasteiger partial charge is 0.185 e. The molecule has 2 aliphatic rings. The Morgan fingerprint density at radius 2 is 1.64 bits per heavy atom. The Hall–Kier alpha value is -4.29. The number of Topliss-reactive ketones (excluding diaryl/α,β-unsaturated/α-hetero) is 1. The first-order valence-corrected chi connectivity index (χ1v) is 10.4. The average Bonchev–Trinajstić information content (AvgIpc) is 3.15. The Kier molecular flexibility index (Phi) is 4.80. The lowest BCUT2D eigenvalue weighted by Crippen LogP contribution is -2.37. The fourth-order valence-electron chi connectivity index (χ4n) is 5.15. The van der Waals surface area contributed by atoms with E-state index >= 15 is 0 Å². The number of nitriles is 2. The van der Waals surface area contributed by atoms with Gasteiger partial charge in [0.25, 0.3) is 0 Å². The number of hydrogen-bond acceptors (Lipinski definition) is 4. The molecule has 2 heterocycles. The quantitative estimate of drug-likeness (QED) is 0.517. The van der Waals surface area contributed by atoms with Crippen LogP contribution in [0.15, 0.2) is 79.0 Å². The van der Waals surface area contributed by atoms with Crippen LogP contribution in [0.4, 0.5) is 8.78 Å². The van der Waals surface area contributed by atoms with Gasteiger partial charge in [0, 0.05) is 17.7 Å². The summed E-state index contributed by atoms with van der Waals surface area (Å²) in [6.45, 7) is 0. The van der Waals surface area contributed by atoms with E-state index in [9.17, 15) is 24.1 Å². The summed E-state index contributed by atoms with van der Waals surface area (Å²) in [5, 5.41) is 20.8. The SMILES string of the molecule is N#CC1(C#N)[C@H](c2cccc(F)c2)[C@@H](C(=O)c2ccc(F)cc2)N2C=Cc3ccccc3[C@H]21. The van der Waals surface area contributed by atoms with E-state index < -0.39 is 35.1 Å². The van der Waals surface area contributed by atoms with E-state index in [1.54, 1.807) is 17.2 Å². The minimum absolute atomic E-state index is 0.250. The van der Waals surface area contributed by atoms with E-state index in [-0.39, 0.29) is 11.3 Å². The molecule has 0 unspecified atom stereocenters. The van der Waals surface area contributed by atoms with Crippen molar-refractivity contribution < 1.29 is 13.6 Å². The number of carbonyl (C=O) groups is 1. The number of halogens is 2. The first-order chi connectivity index (χ1) is 16.0. The molecule has 0 N–H and O–H groups in total. The van der Waals surface area contributed by atoms with E-state index in [1.807, 2.05) is 30.3 Å². The van der Waals surface area contributed by atoms with Crippen LogP contribution in [0.2, 0.25) is 0 Å². The van der Waals surface area contributed by atoms with Crippen molar-refractivity contribution in [2.24, 2.45) is 5.41 Å². The molecule has 0 saturated carbocycles. The zero-order valence-corrected chi connectivity index (χ0v) is 17.3. The minimum atomic E-state index is -1.67. The lowest BCUT2D eigenvalue weighted by Gasteiger charge is -2.34. The average molecular weight is 437 g/mol. The maximum Gasteiger partial charge on any atom is 0.185 e. The number of carbonyl (C=O) groups excluding carboxylic acids is 1. The molecule has 0 radical (unpaired) electrons. The van der Waals surface area contributed by atoms with Gasteiger partial charge in [-0.3, -0.25) is 4.79 Å². The van der Waals surface area contributed by atoms with Crippen molar-refractivity contribution in [2.45, 2.75) is 18.0 Å². The third-order valence-corrected chi connectivity index (χ3v) is 6.55. The normalized spacial score (nSPS) is 22.1. The molecule has 3 aromatic carbocycles. The molecule has 33 heavy (non-hydrogen) atoms. The highest BCUT2D eigenvalue weighted by molar-refractivity contribution is 6.01. The topological polar surface area (TPSA) is 67.9 Å². The third-order valence-electron chi connectivity index (χ3n) is 6.55. The molecule has 3 atom stereocenters. The van der Waals surface area contributed by atoms with Crippen molar-refractivity contribution in [1.82, 2.24) is 4.90 Å². The van der Waals surface area contributed by atoms with Gasteiger partial charge in [0.2, 0.25) is 0 Å².